The molecule has 2 atom stereocenters. The van der Waals surface area contributed by atoms with E-state index in [9.17, 15) is 14.7 Å². The minimum Gasteiger partial charge on any atom is -0.481 e. The number of aliphatic hydroxyl groups excluding tert-OH is 1. The Labute approximate surface area is 159 Å². The third kappa shape index (κ3) is 7.92. The van der Waals surface area contributed by atoms with Gasteiger partial charge in [-0.1, -0.05) is 60.7 Å². The molecule has 144 valence electrons. The van der Waals surface area contributed by atoms with E-state index in [4.69, 9.17) is 5.11 Å². The first-order chi connectivity index (χ1) is 13.1. The fourth-order valence-corrected chi connectivity index (χ4v) is 2.89. The maximum atomic E-state index is 12.4. The summed E-state index contributed by atoms with van der Waals surface area (Å²) in [7, 11) is 0. The Bertz CT molecular complexity index is 707. The maximum Gasteiger partial charge on any atom is 0.315 e. The van der Waals surface area contributed by atoms with E-state index in [1.165, 1.54) is 0 Å². The van der Waals surface area contributed by atoms with Crippen molar-refractivity contribution in [3.05, 3.63) is 71.8 Å². The second-order valence-electron chi connectivity index (χ2n) is 6.51. The van der Waals surface area contributed by atoms with E-state index in [1.54, 1.807) is 0 Å². The van der Waals surface area contributed by atoms with Crippen LogP contribution in [0.5, 0.6) is 0 Å². The van der Waals surface area contributed by atoms with Gasteiger partial charge < -0.3 is 20.8 Å². The molecule has 0 spiro atoms. The molecular weight excluding hydrogens is 344 g/mol. The van der Waals surface area contributed by atoms with E-state index in [2.05, 4.69) is 10.6 Å². The van der Waals surface area contributed by atoms with Crippen LogP contribution in [0.1, 0.15) is 24.0 Å². The lowest BCUT2D eigenvalue weighted by atomic mass is 10.0. The molecule has 0 saturated carbocycles. The van der Waals surface area contributed by atoms with Crippen LogP contribution in [-0.4, -0.2) is 40.9 Å². The van der Waals surface area contributed by atoms with Gasteiger partial charge in [-0.05, 0) is 30.4 Å². The molecule has 0 saturated heterocycles. The van der Waals surface area contributed by atoms with Crippen molar-refractivity contribution in [1.29, 1.82) is 0 Å². The highest BCUT2D eigenvalue weighted by Crippen LogP contribution is 2.08. The van der Waals surface area contributed by atoms with Crippen molar-refractivity contribution in [2.24, 2.45) is 0 Å². The summed E-state index contributed by atoms with van der Waals surface area (Å²) < 4.78 is 0. The second-order valence-corrected chi connectivity index (χ2v) is 6.51. The number of carboxylic acid groups (broad SMARTS) is 1. The van der Waals surface area contributed by atoms with Gasteiger partial charge in [-0.15, -0.1) is 0 Å². The zero-order valence-corrected chi connectivity index (χ0v) is 15.2. The van der Waals surface area contributed by atoms with E-state index in [1.807, 2.05) is 60.7 Å². The van der Waals surface area contributed by atoms with Crippen LogP contribution in [0.2, 0.25) is 0 Å². The van der Waals surface area contributed by atoms with Gasteiger partial charge in [0.1, 0.15) is 0 Å². The molecule has 2 amide bonds. The lowest BCUT2D eigenvalue weighted by Crippen LogP contribution is -2.48. The van der Waals surface area contributed by atoms with Crippen molar-refractivity contribution in [3.63, 3.8) is 0 Å². The smallest absolute Gasteiger partial charge is 0.315 e. The molecule has 0 aromatic heterocycles. The molecule has 6 nitrogen and oxygen atoms in total. The Hall–Kier alpha value is -2.86. The third-order valence-corrected chi connectivity index (χ3v) is 4.25. The fraction of sp³-hybridized carbons (Fsp3) is 0.333. The molecule has 27 heavy (non-hydrogen) atoms. The highest BCUT2D eigenvalue weighted by Gasteiger charge is 2.17. The first kappa shape index (κ1) is 20.5. The molecule has 2 aromatic carbocycles. The fourth-order valence-electron chi connectivity index (χ4n) is 2.89. The van der Waals surface area contributed by atoms with E-state index < -0.39 is 18.0 Å². The summed E-state index contributed by atoms with van der Waals surface area (Å²) in [6.07, 6.45) is 1.37. The van der Waals surface area contributed by atoms with Gasteiger partial charge in [-0.2, -0.15) is 0 Å². The van der Waals surface area contributed by atoms with Gasteiger partial charge in [0.15, 0.2) is 0 Å². The maximum absolute atomic E-state index is 12.4. The van der Waals surface area contributed by atoms with Crippen LogP contribution in [0.25, 0.3) is 0 Å². The molecule has 0 heterocycles. The van der Waals surface area contributed by atoms with Crippen molar-refractivity contribution < 1.29 is 19.8 Å². The van der Waals surface area contributed by atoms with E-state index in [-0.39, 0.29) is 19.1 Å². The van der Waals surface area contributed by atoms with Crippen molar-refractivity contribution in [1.82, 2.24) is 10.6 Å². The monoisotopic (exact) mass is 370 g/mol. The van der Waals surface area contributed by atoms with Crippen LogP contribution in [0.15, 0.2) is 60.7 Å². The number of amides is 2. The van der Waals surface area contributed by atoms with Crippen molar-refractivity contribution >= 4 is 12.0 Å². The minimum atomic E-state index is -0.896. The molecule has 0 aliphatic carbocycles. The molecule has 0 aliphatic heterocycles. The molecule has 0 bridgehead atoms. The molecule has 4 N–H and O–H groups in total. The average Bonchev–Trinajstić information content (AvgIpc) is 2.67. The number of nitrogens with one attached hydrogen (secondary N) is 2. The Morgan fingerprint density at radius 2 is 1.30 bits per heavy atom. The SMILES string of the molecule is O=C(O)CCC(Cc1ccccc1)NC(=O)NC(CO)Cc1ccccc1. The van der Waals surface area contributed by atoms with E-state index in [0.717, 1.165) is 11.1 Å². The Balaban J connectivity index is 1.93. The zero-order valence-electron chi connectivity index (χ0n) is 15.2. The summed E-state index contributed by atoms with van der Waals surface area (Å²) in [6, 6.07) is 18.1. The number of rotatable bonds is 10. The quantitative estimate of drug-likeness (QED) is 0.516. The molecule has 0 radical (unpaired) electrons. The summed E-state index contributed by atoms with van der Waals surface area (Å²) in [6.45, 7) is -0.180. The zero-order chi connectivity index (χ0) is 19.5. The Kier molecular flexibility index (Phi) is 8.32. The number of hydrogen-bond acceptors (Lipinski definition) is 3. The highest BCUT2D eigenvalue weighted by atomic mass is 16.4. The number of urea groups is 1. The van der Waals surface area contributed by atoms with Gasteiger partial charge in [-0.3, -0.25) is 4.79 Å². The van der Waals surface area contributed by atoms with Gasteiger partial charge in [0.25, 0.3) is 0 Å². The average molecular weight is 370 g/mol. The van der Waals surface area contributed by atoms with Gasteiger partial charge in [-0.25, -0.2) is 4.79 Å². The number of aliphatic carboxylic acids is 1. The van der Waals surface area contributed by atoms with Crippen molar-refractivity contribution in [3.8, 4) is 0 Å². The van der Waals surface area contributed by atoms with Gasteiger partial charge in [0.2, 0.25) is 0 Å². The summed E-state index contributed by atoms with van der Waals surface area (Å²) in [5, 5.41) is 24.1. The van der Waals surface area contributed by atoms with Crippen LogP contribution >= 0.6 is 0 Å². The van der Waals surface area contributed by atoms with Crippen LogP contribution in [0.3, 0.4) is 0 Å². The molecule has 0 aliphatic rings. The second kappa shape index (κ2) is 11.0. The number of carbonyl (C=O) groups excluding carboxylic acids is 1. The largest absolute Gasteiger partial charge is 0.481 e. The van der Waals surface area contributed by atoms with Gasteiger partial charge >= 0.3 is 12.0 Å². The molecule has 2 aromatic rings. The summed E-state index contributed by atoms with van der Waals surface area (Å²) >= 11 is 0. The van der Waals surface area contributed by atoms with Crippen LogP contribution in [-0.2, 0) is 17.6 Å². The van der Waals surface area contributed by atoms with Crippen molar-refractivity contribution in [2.45, 2.75) is 37.8 Å². The Morgan fingerprint density at radius 3 is 1.78 bits per heavy atom. The standard InChI is InChI=1S/C21H26N2O4/c24-15-19(14-17-9-5-2-6-10-17)23-21(27)22-18(11-12-20(25)26)13-16-7-3-1-4-8-16/h1-10,18-19,24H,11-15H2,(H,25,26)(H2,22,23,27). The molecule has 2 unspecified atom stereocenters. The van der Waals surface area contributed by atoms with E-state index >= 15 is 0 Å². The van der Waals surface area contributed by atoms with Crippen LogP contribution in [0.4, 0.5) is 4.79 Å². The van der Waals surface area contributed by atoms with Crippen molar-refractivity contribution in [2.75, 3.05) is 6.61 Å². The predicted octanol–water partition coefficient (Wildman–Crippen LogP) is 2.37. The van der Waals surface area contributed by atoms with Gasteiger partial charge in [0, 0.05) is 12.5 Å². The number of carbonyl (C=O) groups is 2. The van der Waals surface area contributed by atoms with E-state index in [0.29, 0.717) is 19.3 Å². The lowest BCUT2D eigenvalue weighted by Gasteiger charge is -2.22. The third-order valence-electron chi connectivity index (χ3n) is 4.25. The number of aliphatic hydroxyl groups is 1. The first-order valence-corrected chi connectivity index (χ1v) is 9.04. The molecule has 6 heteroatoms. The summed E-state index contributed by atoms with van der Waals surface area (Å²) in [5.41, 5.74) is 2.04. The number of hydrogen-bond donors (Lipinski definition) is 4. The minimum absolute atomic E-state index is 0.0226. The number of benzene rings is 2. The molecule has 0 fully saturated rings. The predicted molar refractivity (Wildman–Crippen MR) is 103 cm³/mol. The highest BCUT2D eigenvalue weighted by molar-refractivity contribution is 5.75. The van der Waals surface area contributed by atoms with Crippen LogP contribution < -0.4 is 10.6 Å². The number of carboxylic acids is 1. The molecular formula is C21H26N2O4. The lowest BCUT2D eigenvalue weighted by molar-refractivity contribution is -0.137. The summed E-state index contributed by atoms with van der Waals surface area (Å²) in [4.78, 5) is 23.3. The topological polar surface area (TPSA) is 98.7 Å². The Morgan fingerprint density at radius 1 is 0.815 bits per heavy atom. The molecule has 2 rings (SSSR count). The normalized spacial score (nSPS) is 12.8. The van der Waals surface area contributed by atoms with Gasteiger partial charge in [0.05, 0.1) is 12.6 Å². The summed E-state index contributed by atoms with van der Waals surface area (Å²) in [5.74, 6) is -0.896. The first-order valence-electron chi connectivity index (χ1n) is 9.04. The van der Waals surface area contributed by atoms with Crippen LogP contribution in [0, 0.1) is 0 Å².